The van der Waals surface area contributed by atoms with Gasteiger partial charge in [0.15, 0.2) is 6.23 Å². The SMILES string of the molecule is O=C(OC1C2[C@@H]1O[C@@H](n1ccc(=O)[nH]c1=O)[C@@]2(F)Cl)c1ccccc1. The number of carbonyl (C=O) groups is 1. The fraction of sp³-hybridized carbons (Fsp3) is 0.312. The van der Waals surface area contributed by atoms with Crippen molar-refractivity contribution in [1.29, 1.82) is 0 Å². The molecule has 1 aliphatic carbocycles. The Labute approximate surface area is 144 Å². The second-order valence-electron chi connectivity index (χ2n) is 5.91. The second-order valence-corrected chi connectivity index (χ2v) is 6.49. The van der Waals surface area contributed by atoms with E-state index >= 15 is 0 Å². The molecule has 130 valence electrons. The number of halogens is 2. The fourth-order valence-electron chi connectivity index (χ4n) is 3.03. The average molecular weight is 367 g/mol. The first-order valence-corrected chi connectivity index (χ1v) is 7.88. The first kappa shape index (κ1) is 16.0. The van der Waals surface area contributed by atoms with Crippen LogP contribution in [0, 0.1) is 5.92 Å². The number of rotatable bonds is 3. The van der Waals surface area contributed by atoms with Crippen molar-refractivity contribution in [3.05, 3.63) is 69.0 Å². The smallest absolute Gasteiger partial charge is 0.338 e. The molecule has 25 heavy (non-hydrogen) atoms. The van der Waals surface area contributed by atoms with E-state index in [4.69, 9.17) is 21.1 Å². The highest BCUT2D eigenvalue weighted by molar-refractivity contribution is 6.23. The topological polar surface area (TPSA) is 90.4 Å². The van der Waals surface area contributed by atoms with Crippen molar-refractivity contribution in [3.8, 4) is 0 Å². The van der Waals surface area contributed by atoms with Crippen molar-refractivity contribution in [2.75, 3.05) is 0 Å². The van der Waals surface area contributed by atoms with Gasteiger partial charge in [0.2, 0.25) is 5.13 Å². The van der Waals surface area contributed by atoms with Crippen LogP contribution < -0.4 is 11.2 Å². The zero-order valence-electron chi connectivity index (χ0n) is 12.6. The summed E-state index contributed by atoms with van der Waals surface area (Å²) in [6.45, 7) is 0. The number of fused-ring (bicyclic) bond motifs is 1. The molecule has 0 spiro atoms. The minimum Gasteiger partial charge on any atom is -0.455 e. The van der Waals surface area contributed by atoms with Gasteiger partial charge < -0.3 is 9.47 Å². The third-order valence-electron chi connectivity index (χ3n) is 4.31. The third-order valence-corrected chi connectivity index (χ3v) is 4.75. The van der Waals surface area contributed by atoms with Gasteiger partial charge in [-0.05, 0) is 12.1 Å². The van der Waals surface area contributed by atoms with E-state index in [2.05, 4.69) is 0 Å². The van der Waals surface area contributed by atoms with Gasteiger partial charge in [0.25, 0.3) is 5.56 Å². The lowest BCUT2D eigenvalue weighted by Gasteiger charge is -2.25. The van der Waals surface area contributed by atoms with Gasteiger partial charge in [0.05, 0.1) is 11.5 Å². The van der Waals surface area contributed by atoms with Crippen LogP contribution in [0.1, 0.15) is 16.6 Å². The number of nitrogens with one attached hydrogen (secondary N) is 1. The number of hydrogen-bond donors (Lipinski definition) is 1. The number of nitrogens with zero attached hydrogens (tertiary/aromatic N) is 1. The minimum absolute atomic E-state index is 0.333. The maximum absolute atomic E-state index is 15.0. The molecule has 1 aromatic heterocycles. The van der Waals surface area contributed by atoms with Crippen molar-refractivity contribution in [3.63, 3.8) is 0 Å². The first-order valence-electron chi connectivity index (χ1n) is 7.50. The van der Waals surface area contributed by atoms with Crippen molar-refractivity contribution in [1.82, 2.24) is 9.55 Å². The van der Waals surface area contributed by atoms with Crippen molar-refractivity contribution in [2.24, 2.45) is 5.92 Å². The predicted molar refractivity (Wildman–Crippen MR) is 84.1 cm³/mol. The summed E-state index contributed by atoms with van der Waals surface area (Å²) in [5, 5.41) is -2.45. The van der Waals surface area contributed by atoms with Gasteiger partial charge in [-0.15, -0.1) is 0 Å². The molecule has 0 bridgehead atoms. The minimum atomic E-state index is -2.45. The van der Waals surface area contributed by atoms with Gasteiger partial charge in [0, 0.05) is 12.3 Å². The molecule has 7 nitrogen and oxygen atoms in total. The zero-order valence-corrected chi connectivity index (χ0v) is 13.4. The van der Waals surface area contributed by atoms with Crippen LogP contribution in [0.4, 0.5) is 4.39 Å². The molecule has 5 atom stereocenters. The van der Waals surface area contributed by atoms with Crippen LogP contribution in [0.5, 0.6) is 0 Å². The third kappa shape index (κ3) is 2.58. The maximum Gasteiger partial charge on any atom is 0.338 e. The lowest BCUT2D eigenvalue weighted by atomic mass is 10.2. The summed E-state index contributed by atoms with van der Waals surface area (Å²) in [5.74, 6) is -1.50. The standard InChI is InChI=1S/C16H12ClFN2O5/c17-16(18)10-11(24-13(22)8-4-2-1-3-5-8)12(10)25-14(16)20-7-6-9(21)19-15(20)23/h1-7,10-12,14H,(H,19,21,23)/t10?,11?,12-,14+,16+/m0/s1. The summed E-state index contributed by atoms with van der Waals surface area (Å²) in [7, 11) is 0. The first-order chi connectivity index (χ1) is 11.9. The van der Waals surface area contributed by atoms with E-state index in [0.29, 0.717) is 5.56 Å². The average Bonchev–Trinajstić information content (AvgIpc) is 3.18. The van der Waals surface area contributed by atoms with Crippen LogP contribution in [0.15, 0.2) is 52.2 Å². The van der Waals surface area contributed by atoms with Gasteiger partial charge in [-0.25, -0.2) is 14.0 Å². The Morgan fingerprint density at radius 3 is 2.60 bits per heavy atom. The van der Waals surface area contributed by atoms with Crippen LogP contribution in [0.2, 0.25) is 0 Å². The quantitative estimate of drug-likeness (QED) is 0.651. The van der Waals surface area contributed by atoms with Crippen molar-refractivity contribution < 1.29 is 18.7 Å². The van der Waals surface area contributed by atoms with Crippen LogP contribution in [0.3, 0.4) is 0 Å². The molecular formula is C16H12ClFN2O5. The molecular weight excluding hydrogens is 355 g/mol. The van der Waals surface area contributed by atoms with Crippen LogP contribution in [-0.4, -0.2) is 32.9 Å². The Morgan fingerprint density at radius 2 is 2.00 bits per heavy atom. The molecule has 1 aliphatic heterocycles. The van der Waals surface area contributed by atoms with E-state index in [0.717, 1.165) is 16.8 Å². The van der Waals surface area contributed by atoms with Gasteiger partial charge >= 0.3 is 11.7 Å². The predicted octanol–water partition coefficient (Wildman–Crippen LogP) is 1.19. The Hall–Kier alpha value is -2.45. The number of aromatic nitrogens is 2. The van der Waals surface area contributed by atoms with Crippen LogP contribution in [0.25, 0.3) is 0 Å². The highest BCUT2D eigenvalue weighted by Gasteiger charge is 2.75. The highest BCUT2D eigenvalue weighted by Crippen LogP contribution is 2.61. The summed E-state index contributed by atoms with van der Waals surface area (Å²) < 4.78 is 26.6. The number of alkyl halides is 2. The van der Waals surface area contributed by atoms with Crippen molar-refractivity contribution in [2.45, 2.75) is 23.6 Å². The zero-order chi connectivity index (χ0) is 17.8. The van der Waals surface area contributed by atoms with Gasteiger partial charge in [-0.3, -0.25) is 14.3 Å². The number of benzene rings is 1. The molecule has 0 radical (unpaired) electrons. The fourth-order valence-corrected chi connectivity index (χ4v) is 3.44. The van der Waals surface area contributed by atoms with E-state index in [-0.39, 0.29) is 0 Å². The molecule has 2 unspecified atom stereocenters. The summed E-state index contributed by atoms with van der Waals surface area (Å²) >= 11 is 5.96. The lowest BCUT2D eigenvalue weighted by Crippen LogP contribution is -2.40. The lowest BCUT2D eigenvalue weighted by molar-refractivity contribution is -0.0656. The molecule has 2 aromatic rings. The Balaban J connectivity index is 1.51. The molecule has 4 rings (SSSR count). The van der Waals surface area contributed by atoms with Gasteiger partial charge in [0.1, 0.15) is 12.2 Å². The van der Waals surface area contributed by atoms with Gasteiger partial charge in [-0.1, -0.05) is 29.8 Å². The summed E-state index contributed by atoms with van der Waals surface area (Å²) in [4.78, 5) is 37.0. The number of ether oxygens (including phenoxy) is 2. The molecule has 9 heteroatoms. The number of aromatic amines is 1. The highest BCUT2D eigenvalue weighted by atomic mass is 35.5. The van der Waals surface area contributed by atoms with Crippen LogP contribution in [-0.2, 0) is 9.47 Å². The summed E-state index contributed by atoms with van der Waals surface area (Å²) in [6.07, 6.45) is -1.89. The van der Waals surface area contributed by atoms with Crippen LogP contribution >= 0.6 is 11.6 Å². The Morgan fingerprint density at radius 1 is 1.28 bits per heavy atom. The molecule has 0 amide bonds. The molecule has 2 aliphatic rings. The summed E-state index contributed by atoms with van der Waals surface area (Å²) in [6, 6.07) is 9.33. The number of hydrogen-bond acceptors (Lipinski definition) is 5. The normalized spacial score (nSPS) is 32.9. The van der Waals surface area contributed by atoms with Gasteiger partial charge in [-0.2, -0.15) is 0 Å². The molecule has 2 fully saturated rings. The number of carbonyl (C=O) groups excluding carboxylic acids is 1. The van der Waals surface area contributed by atoms with E-state index in [1.54, 1.807) is 30.3 Å². The molecule has 1 saturated heterocycles. The number of H-pyrrole nitrogens is 1. The van der Waals surface area contributed by atoms with E-state index < -0.39 is 46.7 Å². The summed E-state index contributed by atoms with van der Waals surface area (Å²) in [5.41, 5.74) is -1.11. The van der Waals surface area contributed by atoms with E-state index in [1.807, 2.05) is 4.98 Å². The Kier molecular flexibility index (Phi) is 3.55. The van der Waals surface area contributed by atoms with Crippen molar-refractivity contribution >= 4 is 17.6 Å². The molecule has 1 saturated carbocycles. The largest absolute Gasteiger partial charge is 0.455 e. The van der Waals surface area contributed by atoms with E-state index in [9.17, 15) is 18.8 Å². The maximum atomic E-state index is 15.0. The molecule has 1 aromatic carbocycles. The Bertz CT molecular complexity index is 941. The van der Waals surface area contributed by atoms with E-state index in [1.165, 1.54) is 0 Å². The monoisotopic (exact) mass is 366 g/mol. The molecule has 1 N–H and O–H groups in total. The molecule has 2 heterocycles. The number of esters is 1. The second kappa shape index (κ2) is 5.53.